The molecule has 2 amide bonds. The number of hydrogen-bond donors (Lipinski definition) is 1. The largest absolute Gasteiger partial charge is 0.381 e. The van der Waals surface area contributed by atoms with Gasteiger partial charge in [0.15, 0.2) is 0 Å². The summed E-state index contributed by atoms with van der Waals surface area (Å²) < 4.78 is 5.57. The van der Waals surface area contributed by atoms with E-state index in [2.05, 4.69) is 5.32 Å². The Hall–Kier alpha value is -1.88. The molecule has 1 atom stereocenters. The Morgan fingerprint density at radius 3 is 2.88 bits per heavy atom. The second-order valence-corrected chi connectivity index (χ2v) is 7.29. The molecular formula is C20H28N2O3. The number of carbonyl (C=O) groups excluding carboxylic acids is 2. The molecule has 1 N–H and O–H groups in total. The molecule has 1 aromatic carbocycles. The van der Waals surface area contributed by atoms with Crippen LogP contribution in [0.5, 0.6) is 0 Å². The van der Waals surface area contributed by atoms with Crippen LogP contribution in [0.2, 0.25) is 0 Å². The van der Waals surface area contributed by atoms with Gasteiger partial charge in [0.2, 0.25) is 11.8 Å². The van der Waals surface area contributed by atoms with E-state index in [1.165, 1.54) is 12.8 Å². The molecule has 1 saturated carbocycles. The molecule has 2 fully saturated rings. The predicted molar refractivity (Wildman–Crippen MR) is 97.5 cm³/mol. The first kappa shape index (κ1) is 17.9. The summed E-state index contributed by atoms with van der Waals surface area (Å²) in [4.78, 5) is 26.5. The minimum Gasteiger partial charge on any atom is -0.381 e. The van der Waals surface area contributed by atoms with Crippen LogP contribution in [0.3, 0.4) is 0 Å². The van der Waals surface area contributed by atoms with Gasteiger partial charge in [-0.2, -0.15) is 0 Å². The molecule has 0 radical (unpaired) electrons. The molecular weight excluding hydrogens is 316 g/mol. The Kier molecular flexibility index (Phi) is 5.74. The monoisotopic (exact) mass is 344 g/mol. The quantitative estimate of drug-likeness (QED) is 0.738. The van der Waals surface area contributed by atoms with Crippen molar-refractivity contribution in [2.24, 2.45) is 11.8 Å². The van der Waals surface area contributed by atoms with Crippen LogP contribution in [0.1, 0.15) is 36.8 Å². The van der Waals surface area contributed by atoms with Crippen molar-refractivity contribution < 1.29 is 14.3 Å². The molecule has 1 heterocycles. The van der Waals surface area contributed by atoms with E-state index < -0.39 is 0 Å². The molecule has 5 heteroatoms. The summed E-state index contributed by atoms with van der Waals surface area (Å²) >= 11 is 0. The van der Waals surface area contributed by atoms with Crippen molar-refractivity contribution in [2.75, 3.05) is 31.2 Å². The predicted octanol–water partition coefficient (Wildman–Crippen LogP) is 2.59. The molecule has 1 saturated heterocycles. The van der Waals surface area contributed by atoms with Crippen LogP contribution >= 0.6 is 0 Å². The van der Waals surface area contributed by atoms with Gasteiger partial charge in [-0.15, -0.1) is 0 Å². The molecule has 1 unspecified atom stereocenters. The van der Waals surface area contributed by atoms with Gasteiger partial charge in [-0.05, 0) is 56.2 Å². The molecule has 25 heavy (non-hydrogen) atoms. The summed E-state index contributed by atoms with van der Waals surface area (Å²) in [7, 11) is 0. The number of nitrogens with one attached hydrogen (secondary N) is 1. The topological polar surface area (TPSA) is 58.6 Å². The van der Waals surface area contributed by atoms with Gasteiger partial charge in [0.1, 0.15) is 0 Å². The van der Waals surface area contributed by atoms with Gasteiger partial charge in [-0.1, -0.05) is 12.1 Å². The summed E-state index contributed by atoms with van der Waals surface area (Å²) in [6.07, 6.45) is 3.70. The van der Waals surface area contributed by atoms with Gasteiger partial charge in [0.25, 0.3) is 0 Å². The first-order chi connectivity index (χ1) is 12.1. The maximum absolute atomic E-state index is 12.4. The fourth-order valence-electron chi connectivity index (χ4n) is 3.21. The molecule has 5 nitrogen and oxygen atoms in total. The first-order valence-electron chi connectivity index (χ1n) is 9.28. The maximum Gasteiger partial charge on any atom is 0.227 e. The number of amides is 2. The Morgan fingerprint density at radius 2 is 2.12 bits per heavy atom. The molecule has 136 valence electrons. The van der Waals surface area contributed by atoms with Gasteiger partial charge in [-0.3, -0.25) is 9.59 Å². The Morgan fingerprint density at radius 1 is 1.32 bits per heavy atom. The van der Waals surface area contributed by atoms with Crippen molar-refractivity contribution in [1.29, 1.82) is 0 Å². The SMILES string of the molecule is Cc1cccc(N2CC(C(=O)NCCCOCC3CC3)CC2=O)c1C. The minimum absolute atomic E-state index is 0.0247. The van der Waals surface area contributed by atoms with Gasteiger partial charge in [-0.25, -0.2) is 0 Å². The van der Waals surface area contributed by atoms with Crippen molar-refractivity contribution in [3.63, 3.8) is 0 Å². The summed E-state index contributed by atoms with van der Waals surface area (Å²) in [5, 5.41) is 2.95. The van der Waals surface area contributed by atoms with Gasteiger partial charge < -0.3 is 15.0 Å². The smallest absolute Gasteiger partial charge is 0.227 e. The summed E-state index contributed by atoms with van der Waals surface area (Å²) in [5.41, 5.74) is 3.18. The average molecular weight is 344 g/mol. The van der Waals surface area contributed by atoms with Gasteiger partial charge in [0.05, 0.1) is 5.92 Å². The van der Waals surface area contributed by atoms with Crippen LogP contribution in [0.4, 0.5) is 5.69 Å². The highest BCUT2D eigenvalue weighted by molar-refractivity contribution is 6.00. The zero-order chi connectivity index (χ0) is 17.8. The van der Waals surface area contributed by atoms with Gasteiger partial charge in [0, 0.05) is 38.4 Å². The molecule has 1 aliphatic heterocycles. The highest BCUT2D eigenvalue weighted by Crippen LogP contribution is 2.30. The number of hydrogen-bond acceptors (Lipinski definition) is 3. The van der Waals surface area contributed by atoms with E-state index in [0.717, 1.165) is 35.8 Å². The van der Waals surface area contributed by atoms with Crippen molar-refractivity contribution in [1.82, 2.24) is 5.32 Å². The Bertz CT molecular complexity index is 640. The minimum atomic E-state index is -0.264. The van der Waals surface area contributed by atoms with Crippen LogP contribution in [-0.4, -0.2) is 38.1 Å². The molecule has 3 rings (SSSR count). The normalized spacial score (nSPS) is 20.2. The van der Waals surface area contributed by atoms with Crippen molar-refractivity contribution >= 4 is 17.5 Å². The Balaban J connectivity index is 1.44. The number of benzene rings is 1. The lowest BCUT2D eigenvalue weighted by atomic mass is 10.1. The summed E-state index contributed by atoms with van der Waals surface area (Å²) in [6, 6.07) is 5.95. The second kappa shape index (κ2) is 8.00. The second-order valence-electron chi connectivity index (χ2n) is 7.29. The molecule has 1 aliphatic carbocycles. The zero-order valence-electron chi connectivity index (χ0n) is 15.2. The summed E-state index contributed by atoms with van der Waals surface area (Å²) in [5.74, 6) is 0.514. The van der Waals surface area contributed by atoms with E-state index in [4.69, 9.17) is 4.74 Å². The number of carbonyl (C=O) groups is 2. The van der Waals surface area contributed by atoms with Crippen molar-refractivity contribution in [3.05, 3.63) is 29.3 Å². The lowest BCUT2D eigenvalue weighted by Crippen LogP contribution is -2.34. The van der Waals surface area contributed by atoms with Crippen LogP contribution in [0, 0.1) is 25.7 Å². The van der Waals surface area contributed by atoms with E-state index in [9.17, 15) is 9.59 Å². The van der Waals surface area contributed by atoms with Crippen LogP contribution < -0.4 is 10.2 Å². The molecule has 0 aromatic heterocycles. The molecule has 0 bridgehead atoms. The first-order valence-corrected chi connectivity index (χ1v) is 9.28. The maximum atomic E-state index is 12.4. The number of rotatable bonds is 8. The third kappa shape index (κ3) is 4.60. The van der Waals surface area contributed by atoms with Gasteiger partial charge >= 0.3 is 0 Å². The lowest BCUT2D eigenvalue weighted by Gasteiger charge is -2.20. The molecule has 1 aromatic rings. The van der Waals surface area contributed by atoms with E-state index >= 15 is 0 Å². The number of anilines is 1. The fraction of sp³-hybridized carbons (Fsp3) is 0.600. The molecule has 2 aliphatic rings. The van der Waals surface area contributed by atoms with Crippen LogP contribution in [0.15, 0.2) is 18.2 Å². The zero-order valence-corrected chi connectivity index (χ0v) is 15.2. The highest BCUT2D eigenvalue weighted by Gasteiger charge is 2.35. The Labute approximate surface area is 149 Å². The highest BCUT2D eigenvalue weighted by atomic mass is 16.5. The number of aryl methyl sites for hydroxylation is 1. The van der Waals surface area contributed by atoms with E-state index in [0.29, 0.717) is 19.7 Å². The van der Waals surface area contributed by atoms with Crippen LogP contribution in [0.25, 0.3) is 0 Å². The third-order valence-electron chi connectivity index (χ3n) is 5.18. The fourth-order valence-corrected chi connectivity index (χ4v) is 3.21. The van der Waals surface area contributed by atoms with Crippen molar-refractivity contribution in [3.8, 4) is 0 Å². The number of ether oxygens (including phenoxy) is 1. The third-order valence-corrected chi connectivity index (χ3v) is 5.18. The van der Waals surface area contributed by atoms with Crippen molar-refractivity contribution in [2.45, 2.75) is 39.5 Å². The van der Waals surface area contributed by atoms with E-state index in [-0.39, 0.29) is 24.2 Å². The average Bonchev–Trinajstić information content (AvgIpc) is 3.34. The standard InChI is InChI=1S/C20H28N2O3/c1-14-5-3-6-18(15(14)2)22-12-17(11-19(22)23)20(24)21-9-4-10-25-13-16-7-8-16/h3,5-6,16-17H,4,7-13H2,1-2H3,(H,21,24). The summed E-state index contributed by atoms with van der Waals surface area (Å²) in [6.45, 7) is 6.68. The number of nitrogens with zero attached hydrogens (tertiary/aromatic N) is 1. The van der Waals surface area contributed by atoms with E-state index in [1.54, 1.807) is 4.90 Å². The van der Waals surface area contributed by atoms with Crippen LogP contribution in [-0.2, 0) is 14.3 Å². The van der Waals surface area contributed by atoms with E-state index in [1.807, 2.05) is 32.0 Å². The molecule has 0 spiro atoms. The lowest BCUT2D eigenvalue weighted by molar-refractivity contribution is -0.126.